The van der Waals surface area contributed by atoms with E-state index in [9.17, 15) is 4.79 Å². The molecular formula is C16H21ClN6O. The van der Waals surface area contributed by atoms with Gasteiger partial charge in [-0.25, -0.2) is 0 Å². The predicted octanol–water partition coefficient (Wildman–Crippen LogP) is 1.74. The monoisotopic (exact) mass is 348 g/mol. The minimum Gasteiger partial charge on any atom is -0.354 e. The largest absolute Gasteiger partial charge is 0.354 e. The van der Waals surface area contributed by atoms with E-state index in [-0.39, 0.29) is 11.8 Å². The lowest BCUT2D eigenvalue weighted by atomic mass is 9.96. The predicted molar refractivity (Wildman–Crippen MR) is 91.7 cm³/mol. The molecule has 0 bridgehead atoms. The van der Waals surface area contributed by atoms with E-state index in [0.29, 0.717) is 18.2 Å². The number of carbonyl (C=O) groups excluding carboxylic acids is 1. The summed E-state index contributed by atoms with van der Waals surface area (Å²) in [5.74, 6) is 0.898. The number of anilines is 1. The first-order valence-electron chi connectivity index (χ1n) is 7.99. The van der Waals surface area contributed by atoms with E-state index in [2.05, 4.69) is 20.2 Å². The summed E-state index contributed by atoms with van der Waals surface area (Å²) in [5, 5.41) is 12.5. The smallest absolute Gasteiger partial charge is 0.227 e. The maximum atomic E-state index is 12.8. The third-order valence-corrected chi connectivity index (χ3v) is 4.47. The zero-order chi connectivity index (χ0) is 17.1. The van der Waals surface area contributed by atoms with Crippen molar-refractivity contribution in [3.63, 3.8) is 0 Å². The van der Waals surface area contributed by atoms with Crippen LogP contribution in [0.1, 0.15) is 18.4 Å². The highest BCUT2D eigenvalue weighted by Crippen LogP contribution is 2.23. The van der Waals surface area contributed by atoms with Crippen LogP contribution < -0.4 is 4.90 Å². The Hall–Kier alpha value is -2.15. The van der Waals surface area contributed by atoms with Crippen molar-refractivity contribution in [1.82, 2.24) is 24.9 Å². The van der Waals surface area contributed by atoms with Gasteiger partial charge in [-0.15, -0.1) is 10.2 Å². The van der Waals surface area contributed by atoms with E-state index in [1.165, 1.54) is 0 Å². The van der Waals surface area contributed by atoms with E-state index in [1.807, 2.05) is 26.4 Å². The molecule has 3 rings (SSSR count). The van der Waals surface area contributed by atoms with Gasteiger partial charge in [-0.1, -0.05) is 11.6 Å². The fourth-order valence-electron chi connectivity index (χ4n) is 3.08. The summed E-state index contributed by atoms with van der Waals surface area (Å²) in [6.07, 6.45) is 5.58. The number of rotatable bonds is 4. The Morgan fingerprint density at radius 3 is 2.92 bits per heavy atom. The summed E-state index contributed by atoms with van der Waals surface area (Å²) in [4.78, 5) is 16.6. The fraction of sp³-hybridized carbons (Fsp3) is 0.500. The summed E-state index contributed by atoms with van der Waals surface area (Å²) >= 11 is 5.79. The number of carbonyl (C=O) groups is 1. The maximum Gasteiger partial charge on any atom is 0.227 e. The van der Waals surface area contributed by atoms with Gasteiger partial charge in [-0.2, -0.15) is 5.10 Å². The van der Waals surface area contributed by atoms with Crippen LogP contribution in [0.5, 0.6) is 0 Å². The lowest BCUT2D eigenvalue weighted by molar-refractivity contribution is -0.135. The van der Waals surface area contributed by atoms with Gasteiger partial charge in [0.15, 0.2) is 11.0 Å². The van der Waals surface area contributed by atoms with Gasteiger partial charge in [-0.05, 0) is 25.0 Å². The Morgan fingerprint density at radius 1 is 1.42 bits per heavy atom. The van der Waals surface area contributed by atoms with E-state index in [0.717, 1.165) is 30.8 Å². The Morgan fingerprint density at radius 2 is 2.25 bits per heavy atom. The molecule has 0 saturated carbocycles. The third-order valence-electron chi connectivity index (χ3n) is 4.27. The first kappa shape index (κ1) is 16.7. The molecule has 0 N–H and O–H groups in total. The van der Waals surface area contributed by atoms with Crippen LogP contribution in [-0.4, -0.2) is 50.9 Å². The molecule has 3 heterocycles. The third kappa shape index (κ3) is 3.84. The highest BCUT2D eigenvalue weighted by atomic mass is 35.5. The van der Waals surface area contributed by atoms with Crippen LogP contribution in [0, 0.1) is 5.92 Å². The molecule has 1 aliphatic heterocycles. The molecule has 1 atom stereocenters. The quantitative estimate of drug-likeness (QED) is 0.842. The lowest BCUT2D eigenvalue weighted by Gasteiger charge is -2.34. The van der Waals surface area contributed by atoms with Gasteiger partial charge in [0.05, 0.1) is 12.1 Å². The topological polar surface area (TPSA) is 67.2 Å². The fourth-order valence-corrected chi connectivity index (χ4v) is 3.18. The van der Waals surface area contributed by atoms with Crippen molar-refractivity contribution in [3.8, 4) is 0 Å². The zero-order valence-electron chi connectivity index (χ0n) is 13.9. The number of aromatic nitrogens is 4. The number of amides is 1. The minimum absolute atomic E-state index is 0.0297. The lowest BCUT2D eigenvalue weighted by Crippen LogP contribution is -2.43. The van der Waals surface area contributed by atoms with Crippen molar-refractivity contribution in [1.29, 1.82) is 0 Å². The molecule has 0 spiro atoms. The summed E-state index contributed by atoms with van der Waals surface area (Å²) in [6, 6.07) is 3.57. The van der Waals surface area contributed by atoms with Crippen LogP contribution in [0.2, 0.25) is 5.15 Å². The van der Waals surface area contributed by atoms with Crippen molar-refractivity contribution < 1.29 is 4.79 Å². The van der Waals surface area contributed by atoms with Crippen molar-refractivity contribution in [2.75, 3.05) is 25.0 Å². The SMILES string of the molecule is CN(Cc1cnn(C)c1)C(=O)C1CCCN(c2ccc(Cl)nn2)C1. The number of piperidine rings is 1. The molecule has 1 fully saturated rings. The molecule has 8 heteroatoms. The van der Waals surface area contributed by atoms with Crippen molar-refractivity contribution >= 4 is 23.3 Å². The second kappa shape index (κ2) is 7.17. The van der Waals surface area contributed by atoms with Crippen LogP contribution in [0.15, 0.2) is 24.5 Å². The number of aryl methyl sites for hydroxylation is 1. The second-order valence-electron chi connectivity index (χ2n) is 6.22. The van der Waals surface area contributed by atoms with Gasteiger partial charge < -0.3 is 9.80 Å². The first-order valence-corrected chi connectivity index (χ1v) is 8.37. The summed E-state index contributed by atoms with van der Waals surface area (Å²) in [5.41, 5.74) is 1.03. The van der Waals surface area contributed by atoms with Gasteiger partial charge in [-0.3, -0.25) is 9.48 Å². The number of halogens is 1. The highest BCUT2D eigenvalue weighted by molar-refractivity contribution is 6.29. The molecule has 1 aliphatic rings. The number of hydrogen-bond donors (Lipinski definition) is 0. The second-order valence-corrected chi connectivity index (χ2v) is 6.60. The molecule has 0 radical (unpaired) electrons. The Bertz CT molecular complexity index is 701. The average Bonchev–Trinajstić information content (AvgIpc) is 3.00. The van der Waals surface area contributed by atoms with Crippen LogP contribution in [0.25, 0.3) is 0 Å². The molecule has 24 heavy (non-hydrogen) atoms. The molecule has 128 valence electrons. The Labute approximate surface area is 146 Å². The van der Waals surface area contributed by atoms with Crippen molar-refractivity contribution in [3.05, 3.63) is 35.2 Å². The van der Waals surface area contributed by atoms with E-state index >= 15 is 0 Å². The zero-order valence-corrected chi connectivity index (χ0v) is 14.6. The average molecular weight is 349 g/mol. The van der Waals surface area contributed by atoms with E-state index in [1.54, 1.807) is 21.8 Å². The van der Waals surface area contributed by atoms with Gasteiger partial charge in [0.1, 0.15) is 0 Å². The van der Waals surface area contributed by atoms with E-state index < -0.39 is 0 Å². The summed E-state index contributed by atoms with van der Waals surface area (Å²) in [7, 11) is 3.72. The van der Waals surface area contributed by atoms with Gasteiger partial charge >= 0.3 is 0 Å². The first-order chi connectivity index (χ1) is 11.5. The minimum atomic E-state index is -0.0297. The molecule has 0 aliphatic carbocycles. The summed E-state index contributed by atoms with van der Waals surface area (Å²) in [6.45, 7) is 2.11. The summed E-state index contributed by atoms with van der Waals surface area (Å²) < 4.78 is 1.75. The van der Waals surface area contributed by atoms with Crippen molar-refractivity contribution in [2.24, 2.45) is 13.0 Å². The standard InChI is InChI=1S/C16H21ClN6O/c1-21(9-12-8-18-22(2)10-12)16(24)13-4-3-7-23(11-13)15-6-5-14(17)19-20-15/h5-6,8,10,13H,3-4,7,9,11H2,1-2H3. The van der Waals surface area contributed by atoms with Gasteiger partial charge in [0, 0.05) is 45.5 Å². The maximum absolute atomic E-state index is 12.8. The Balaban J connectivity index is 1.63. The molecule has 1 saturated heterocycles. The van der Waals surface area contributed by atoms with E-state index in [4.69, 9.17) is 11.6 Å². The van der Waals surface area contributed by atoms with Crippen molar-refractivity contribution in [2.45, 2.75) is 19.4 Å². The van der Waals surface area contributed by atoms with Gasteiger partial charge in [0.2, 0.25) is 5.91 Å². The number of nitrogens with zero attached hydrogens (tertiary/aromatic N) is 6. The van der Waals surface area contributed by atoms with Crippen LogP contribution in [0.4, 0.5) is 5.82 Å². The Kier molecular flexibility index (Phi) is 4.99. The number of hydrogen-bond acceptors (Lipinski definition) is 5. The molecule has 0 aromatic carbocycles. The normalized spacial score (nSPS) is 17.8. The molecule has 2 aromatic heterocycles. The molecule has 2 aromatic rings. The molecule has 7 nitrogen and oxygen atoms in total. The van der Waals surface area contributed by atoms with Crippen LogP contribution in [-0.2, 0) is 18.4 Å². The molecular weight excluding hydrogens is 328 g/mol. The highest BCUT2D eigenvalue weighted by Gasteiger charge is 2.28. The van der Waals surface area contributed by atoms with Gasteiger partial charge in [0.25, 0.3) is 0 Å². The van der Waals surface area contributed by atoms with Crippen LogP contribution in [0.3, 0.4) is 0 Å². The molecule has 1 amide bonds. The molecule has 1 unspecified atom stereocenters. The van der Waals surface area contributed by atoms with Crippen LogP contribution >= 0.6 is 11.6 Å².